The Labute approximate surface area is 92.1 Å². The molecule has 1 aromatic rings. The number of carboxylic acids is 1. The molecule has 1 atom stereocenters. The minimum atomic E-state index is -1.03. The van der Waals surface area contributed by atoms with Gasteiger partial charge in [0.2, 0.25) is 0 Å². The Morgan fingerprint density at radius 1 is 1.40 bits per heavy atom. The molecule has 5 heteroatoms. The van der Waals surface area contributed by atoms with E-state index in [0.29, 0.717) is 11.3 Å². The van der Waals surface area contributed by atoms with E-state index >= 15 is 0 Å². The molecular formula is C10H11ClO4. The number of aliphatic hydroxyl groups excluding tert-OH is 1. The Kier molecular flexibility index (Phi) is 4.39. The lowest BCUT2D eigenvalue weighted by atomic mass is 10.1. The molecule has 0 bridgehead atoms. The molecule has 0 saturated heterocycles. The number of carbonyl (C=O) groups is 1. The van der Waals surface area contributed by atoms with Crippen LogP contribution in [0, 0.1) is 0 Å². The summed E-state index contributed by atoms with van der Waals surface area (Å²) >= 11 is 5.47. The van der Waals surface area contributed by atoms with Gasteiger partial charge in [0.25, 0.3) is 0 Å². The molecule has 0 saturated carbocycles. The van der Waals surface area contributed by atoms with Gasteiger partial charge in [0.15, 0.2) is 6.61 Å². The van der Waals surface area contributed by atoms with Crippen LogP contribution < -0.4 is 4.74 Å². The van der Waals surface area contributed by atoms with Crippen LogP contribution >= 0.6 is 11.6 Å². The number of halogens is 1. The van der Waals surface area contributed by atoms with Gasteiger partial charge in [-0.1, -0.05) is 12.1 Å². The monoisotopic (exact) mass is 230 g/mol. The Balaban J connectivity index is 2.60. The number of ether oxygens (including phenoxy) is 1. The van der Waals surface area contributed by atoms with Crippen LogP contribution in [0.5, 0.6) is 5.75 Å². The predicted octanol–water partition coefficient (Wildman–Crippen LogP) is 1.42. The summed E-state index contributed by atoms with van der Waals surface area (Å²) in [6.45, 7) is -0.378. The minimum absolute atomic E-state index is 0.120. The molecule has 0 heterocycles. The second-order valence-corrected chi connectivity index (χ2v) is 3.23. The van der Waals surface area contributed by atoms with Crippen LogP contribution in [0.25, 0.3) is 0 Å². The van der Waals surface area contributed by atoms with Crippen molar-refractivity contribution in [2.45, 2.75) is 6.10 Å². The summed E-state index contributed by atoms with van der Waals surface area (Å²) in [5.41, 5.74) is 0.674. The number of hydrogen-bond donors (Lipinski definition) is 2. The van der Waals surface area contributed by atoms with Crippen LogP contribution in [0.1, 0.15) is 11.7 Å². The van der Waals surface area contributed by atoms with Crippen molar-refractivity contribution in [3.05, 3.63) is 29.8 Å². The molecule has 2 N–H and O–H groups in total. The Hall–Kier alpha value is -1.26. The largest absolute Gasteiger partial charge is 0.482 e. The fraction of sp³-hybridized carbons (Fsp3) is 0.300. The van der Waals surface area contributed by atoms with Gasteiger partial charge in [-0.2, -0.15) is 0 Å². The van der Waals surface area contributed by atoms with Gasteiger partial charge in [0.1, 0.15) is 5.75 Å². The van der Waals surface area contributed by atoms with E-state index in [1.807, 2.05) is 0 Å². The zero-order valence-corrected chi connectivity index (χ0v) is 8.65. The quantitative estimate of drug-likeness (QED) is 0.751. The number of benzene rings is 1. The first-order valence-electron chi connectivity index (χ1n) is 4.32. The zero-order chi connectivity index (χ0) is 11.3. The Bertz CT molecular complexity index is 323. The first-order chi connectivity index (χ1) is 7.13. The summed E-state index contributed by atoms with van der Waals surface area (Å²) in [4.78, 5) is 10.2. The van der Waals surface area contributed by atoms with Crippen LogP contribution in [0.3, 0.4) is 0 Å². The van der Waals surface area contributed by atoms with Crippen molar-refractivity contribution >= 4 is 17.6 Å². The lowest BCUT2D eigenvalue weighted by molar-refractivity contribution is -0.139. The molecule has 1 unspecified atom stereocenters. The summed E-state index contributed by atoms with van der Waals surface area (Å²) in [6.07, 6.45) is -0.708. The molecule has 0 aliphatic heterocycles. The highest BCUT2D eigenvalue weighted by Crippen LogP contribution is 2.18. The molecule has 82 valence electrons. The first kappa shape index (κ1) is 11.8. The van der Waals surface area contributed by atoms with Crippen LogP contribution in [0.4, 0.5) is 0 Å². The summed E-state index contributed by atoms with van der Waals surface area (Å²) in [6, 6.07) is 6.47. The number of hydrogen-bond acceptors (Lipinski definition) is 3. The van der Waals surface area contributed by atoms with Gasteiger partial charge < -0.3 is 14.9 Å². The summed E-state index contributed by atoms with van der Waals surface area (Å²) < 4.78 is 4.92. The molecule has 0 fully saturated rings. The van der Waals surface area contributed by atoms with Crippen molar-refractivity contribution in [3.8, 4) is 5.75 Å². The molecule has 15 heavy (non-hydrogen) atoms. The molecule has 0 aliphatic carbocycles. The first-order valence-corrected chi connectivity index (χ1v) is 4.85. The molecule has 0 spiro atoms. The van der Waals surface area contributed by atoms with E-state index in [4.69, 9.17) is 21.4 Å². The molecule has 4 nitrogen and oxygen atoms in total. The molecule has 1 aromatic carbocycles. The fourth-order valence-corrected chi connectivity index (χ4v) is 1.20. The van der Waals surface area contributed by atoms with Crippen molar-refractivity contribution < 1.29 is 19.7 Å². The summed E-state index contributed by atoms with van der Waals surface area (Å²) in [5.74, 6) is -0.460. The predicted molar refractivity (Wildman–Crippen MR) is 55.3 cm³/mol. The summed E-state index contributed by atoms with van der Waals surface area (Å²) in [5, 5.41) is 17.7. The second-order valence-electron chi connectivity index (χ2n) is 2.92. The topological polar surface area (TPSA) is 66.8 Å². The van der Waals surface area contributed by atoms with E-state index in [-0.39, 0.29) is 12.5 Å². The highest BCUT2D eigenvalue weighted by atomic mass is 35.5. The SMILES string of the molecule is O=C(O)COc1ccc(C(O)CCl)cc1. The average Bonchev–Trinajstić information content (AvgIpc) is 2.26. The highest BCUT2D eigenvalue weighted by molar-refractivity contribution is 6.18. The Morgan fingerprint density at radius 3 is 2.47 bits per heavy atom. The van der Waals surface area contributed by atoms with E-state index in [1.165, 1.54) is 0 Å². The van der Waals surface area contributed by atoms with Gasteiger partial charge in [0, 0.05) is 0 Å². The van der Waals surface area contributed by atoms with E-state index < -0.39 is 12.1 Å². The van der Waals surface area contributed by atoms with Gasteiger partial charge in [-0.3, -0.25) is 0 Å². The Morgan fingerprint density at radius 2 is 2.00 bits per heavy atom. The number of rotatable bonds is 5. The minimum Gasteiger partial charge on any atom is -0.482 e. The maximum Gasteiger partial charge on any atom is 0.341 e. The summed E-state index contributed by atoms with van der Waals surface area (Å²) in [7, 11) is 0. The van der Waals surface area contributed by atoms with Crippen LogP contribution in [0.2, 0.25) is 0 Å². The van der Waals surface area contributed by atoms with Crippen molar-refractivity contribution in [2.75, 3.05) is 12.5 Å². The fourth-order valence-electron chi connectivity index (χ4n) is 1.02. The van der Waals surface area contributed by atoms with Gasteiger partial charge in [0.05, 0.1) is 12.0 Å². The molecule has 0 aromatic heterocycles. The molecule has 1 rings (SSSR count). The van der Waals surface area contributed by atoms with Crippen LogP contribution in [0.15, 0.2) is 24.3 Å². The third-order valence-electron chi connectivity index (χ3n) is 1.77. The lowest BCUT2D eigenvalue weighted by Crippen LogP contribution is -2.09. The van der Waals surface area contributed by atoms with Gasteiger partial charge in [-0.15, -0.1) is 11.6 Å². The number of aliphatic carboxylic acids is 1. The molecule has 0 aliphatic rings. The van der Waals surface area contributed by atoms with E-state index in [9.17, 15) is 9.90 Å². The maximum atomic E-state index is 10.2. The van der Waals surface area contributed by atoms with E-state index in [1.54, 1.807) is 24.3 Å². The van der Waals surface area contributed by atoms with E-state index in [0.717, 1.165) is 0 Å². The van der Waals surface area contributed by atoms with E-state index in [2.05, 4.69) is 0 Å². The average molecular weight is 231 g/mol. The van der Waals surface area contributed by atoms with Gasteiger partial charge in [-0.25, -0.2) is 4.79 Å². The van der Waals surface area contributed by atoms with Crippen molar-refractivity contribution in [3.63, 3.8) is 0 Å². The van der Waals surface area contributed by atoms with Crippen molar-refractivity contribution in [1.82, 2.24) is 0 Å². The third-order valence-corrected chi connectivity index (χ3v) is 2.07. The second kappa shape index (κ2) is 5.58. The van der Waals surface area contributed by atoms with Gasteiger partial charge in [-0.05, 0) is 17.7 Å². The van der Waals surface area contributed by atoms with Crippen molar-refractivity contribution in [2.24, 2.45) is 0 Å². The normalized spacial score (nSPS) is 12.1. The molecular weight excluding hydrogens is 220 g/mol. The van der Waals surface area contributed by atoms with Crippen LogP contribution in [-0.2, 0) is 4.79 Å². The smallest absolute Gasteiger partial charge is 0.341 e. The lowest BCUT2D eigenvalue weighted by Gasteiger charge is -2.08. The zero-order valence-electron chi connectivity index (χ0n) is 7.89. The molecule has 0 radical (unpaired) electrons. The maximum absolute atomic E-state index is 10.2. The van der Waals surface area contributed by atoms with Crippen molar-refractivity contribution in [1.29, 1.82) is 0 Å². The number of aliphatic hydroxyl groups is 1. The number of alkyl halides is 1. The van der Waals surface area contributed by atoms with Crippen LogP contribution in [-0.4, -0.2) is 28.7 Å². The standard InChI is InChI=1S/C10H11ClO4/c11-5-9(12)7-1-3-8(4-2-7)15-6-10(13)14/h1-4,9,12H,5-6H2,(H,13,14). The number of carboxylic acid groups (broad SMARTS) is 1. The third kappa shape index (κ3) is 3.77. The highest BCUT2D eigenvalue weighted by Gasteiger charge is 2.05. The van der Waals surface area contributed by atoms with Gasteiger partial charge >= 0.3 is 5.97 Å². The molecule has 0 amide bonds.